The van der Waals surface area contributed by atoms with Gasteiger partial charge in [0.15, 0.2) is 0 Å². The molecular formula is C10H20N2O2. The van der Waals surface area contributed by atoms with Gasteiger partial charge < -0.3 is 15.4 Å². The molecule has 2 atom stereocenters. The van der Waals surface area contributed by atoms with E-state index in [1.54, 1.807) is 0 Å². The SMILES string of the molecule is COC(=O)N1CCCCC1C(C)CN. The average molecular weight is 200 g/mol. The number of ether oxygens (including phenoxy) is 1. The van der Waals surface area contributed by atoms with Gasteiger partial charge >= 0.3 is 6.09 Å². The first kappa shape index (κ1) is 11.3. The largest absolute Gasteiger partial charge is 0.453 e. The molecule has 4 nitrogen and oxygen atoms in total. The van der Waals surface area contributed by atoms with Gasteiger partial charge in [0.1, 0.15) is 0 Å². The minimum absolute atomic E-state index is 0.213. The number of rotatable bonds is 2. The predicted molar refractivity (Wildman–Crippen MR) is 55.0 cm³/mol. The third kappa shape index (κ3) is 2.38. The summed E-state index contributed by atoms with van der Waals surface area (Å²) in [6.45, 7) is 3.52. The Labute approximate surface area is 85.4 Å². The molecule has 1 aliphatic rings. The highest BCUT2D eigenvalue weighted by Gasteiger charge is 2.30. The Kier molecular flexibility index (Phi) is 4.20. The first-order valence-electron chi connectivity index (χ1n) is 5.25. The molecule has 4 heteroatoms. The summed E-state index contributed by atoms with van der Waals surface area (Å²) >= 11 is 0. The third-order valence-electron chi connectivity index (χ3n) is 2.99. The van der Waals surface area contributed by atoms with Crippen molar-refractivity contribution in [2.75, 3.05) is 20.2 Å². The molecule has 1 saturated heterocycles. The lowest BCUT2D eigenvalue weighted by atomic mass is 9.92. The Hall–Kier alpha value is -0.770. The van der Waals surface area contributed by atoms with Crippen molar-refractivity contribution < 1.29 is 9.53 Å². The molecule has 1 heterocycles. The Bertz CT molecular complexity index is 197. The molecule has 0 aromatic heterocycles. The molecule has 2 N–H and O–H groups in total. The van der Waals surface area contributed by atoms with E-state index < -0.39 is 0 Å². The molecule has 0 aliphatic carbocycles. The van der Waals surface area contributed by atoms with Gasteiger partial charge in [0, 0.05) is 12.6 Å². The van der Waals surface area contributed by atoms with E-state index in [4.69, 9.17) is 10.5 Å². The van der Waals surface area contributed by atoms with E-state index in [0.717, 1.165) is 19.4 Å². The van der Waals surface area contributed by atoms with E-state index in [1.807, 2.05) is 4.90 Å². The van der Waals surface area contributed by atoms with Gasteiger partial charge in [-0.15, -0.1) is 0 Å². The number of methoxy groups -OCH3 is 1. The molecule has 14 heavy (non-hydrogen) atoms. The number of carbonyl (C=O) groups excluding carboxylic acids is 1. The molecule has 1 fully saturated rings. The van der Waals surface area contributed by atoms with Crippen molar-refractivity contribution in [1.29, 1.82) is 0 Å². The summed E-state index contributed by atoms with van der Waals surface area (Å²) in [6.07, 6.45) is 3.09. The summed E-state index contributed by atoms with van der Waals surface area (Å²) in [6, 6.07) is 0.265. The van der Waals surface area contributed by atoms with E-state index in [2.05, 4.69) is 6.92 Å². The quantitative estimate of drug-likeness (QED) is 0.728. The van der Waals surface area contributed by atoms with Crippen LogP contribution in [-0.2, 0) is 4.74 Å². The van der Waals surface area contributed by atoms with Crippen LogP contribution in [0.1, 0.15) is 26.2 Å². The van der Waals surface area contributed by atoms with Crippen molar-refractivity contribution in [2.45, 2.75) is 32.2 Å². The first-order valence-corrected chi connectivity index (χ1v) is 5.25. The second kappa shape index (κ2) is 5.20. The van der Waals surface area contributed by atoms with Crippen molar-refractivity contribution in [2.24, 2.45) is 11.7 Å². The summed E-state index contributed by atoms with van der Waals surface area (Å²) in [5.41, 5.74) is 5.63. The maximum absolute atomic E-state index is 11.5. The summed E-state index contributed by atoms with van der Waals surface area (Å²) < 4.78 is 4.76. The number of likely N-dealkylation sites (tertiary alicyclic amines) is 1. The van der Waals surface area contributed by atoms with Crippen LogP contribution in [-0.4, -0.2) is 37.2 Å². The van der Waals surface area contributed by atoms with Gasteiger partial charge in [-0.1, -0.05) is 6.92 Å². The van der Waals surface area contributed by atoms with Crippen LogP contribution in [0, 0.1) is 5.92 Å². The molecule has 0 aromatic carbocycles. The van der Waals surface area contributed by atoms with Gasteiger partial charge in [-0.05, 0) is 31.7 Å². The minimum Gasteiger partial charge on any atom is -0.453 e. The minimum atomic E-state index is -0.213. The third-order valence-corrected chi connectivity index (χ3v) is 2.99. The fourth-order valence-corrected chi connectivity index (χ4v) is 2.05. The lowest BCUT2D eigenvalue weighted by Crippen LogP contribution is -2.48. The lowest BCUT2D eigenvalue weighted by molar-refractivity contribution is 0.0733. The van der Waals surface area contributed by atoms with Crippen molar-refractivity contribution in [3.63, 3.8) is 0 Å². The molecule has 1 rings (SSSR count). The van der Waals surface area contributed by atoms with Crippen LogP contribution in [0.2, 0.25) is 0 Å². The number of piperidine rings is 1. The van der Waals surface area contributed by atoms with E-state index >= 15 is 0 Å². The number of amides is 1. The Morgan fingerprint density at radius 1 is 1.64 bits per heavy atom. The normalized spacial score (nSPS) is 24.5. The number of nitrogens with zero attached hydrogens (tertiary/aromatic N) is 1. The highest BCUT2D eigenvalue weighted by Crippen LogP contribution is 2.23. The molecule has 1 aliphatic heterocycles. The second-order valence-electron chi connectivity index (χ2n) is 3.94. The molecule has 0 saturated carbocycles. The topological polar surface area (TPSA) is 55.6 Å². The van der Waals surface area contributed by atoms with E-state index in [1.165, 1.54) is 13.5 Å². The fraction of sp³-hybridized carbons (Fsp3) is 0.900. The molecule has 1 amide bonds. The van der Waals surface area contributed by atoms with Crippen LogP contribution in [0.5, 0.6) is 0 Å². The predicted octanol–water partition coefficient (Wildman–Crippen LogP) is 1.20. The maximum atomic E-state index is 11.5. The highest BCUT2D eigenvalue weighted by atomic mass is 16.5. The molecule has 0 bridgehead atoms. The average Bonchev–Trinajstić information content (AvgIpc) is 2.27. The van der Waals surface area contributed by atoms with Crippen LogP contribution in [0.4, 0.5) is 4.79 Å². The molecule has 2 unspecified atom stereocenters. The van der Waals surface area contributed by atoms with Crippen molar-refractivity contribution >= 4 is 6.09 Å². The van der Waals surface area contributed by atoms with E-state index in [9.17, 15) is 4.79 Å². The van der Waals surface area contributed by atoms with Crippen LogP contribution in [0.15, 0.2) is 0 Å². The highest BCUT2D eigenvalue weighted by molar-refractivity contribution is 5.68. The molecule has 0 spiro atoms. The van der Waals surface area contributed by atoms with Gasteiger partial charge in [0.05, 0.1) is 7.11 Å². The Morgan fingerprint density at radius 3 is 2.93 bits per heavy atom. The van der Waals surface area contributed by atoms with Crippen LogP contribution >= 0.6 is 0 Å². The molecule has 0 radical (unpaired) electrons. The van der Waals surface area contributed by atoms with Gasteiger partial charge in [-0.2, -0.15) is 0 Å². The van der Waals surface area contributed by atoms with E-state index in [0.29, 0.717) is 12.5 Å². The standard InChI is InChI=1S/C10H20N2O2/c1-8(7-11)9-5-3-4-6-12(9)10(13)14-2/h8-9H,3-7,11H2,1-2H3. The Balaban J connectivity index is 2.63. The van der Waals surface area contributed by atoms with Crippen LogP contribution in [0.3, 0.4) is 0 Å². The molecule has 0 aromatic rings. The zero-order valence-corrected chi connectivity index (χ0v) is 9.03. The lowest BCUT2D eigenvalue weighted by Gasteiger charge is -2.37. The Morgan fingerprint density at radius 2 is 2.36 bits per heavy atom. The first-order chi connectivity index (χ1) is 6.70. The zero-order chi connectivity index (χ0) is 10.6. The van der Waals surface area contributed by atoms with E-state index in [-0.39, 0.29) is 12.1 Å². The fourth-order valence-electron chi connectivity index (χ4n) is 2.05. The van der Waals surface area contributed by atoms with Crippen molar-refractivity contribution in [3.8, 4) is 0 Å². The van der Waals surface area contributed by atoms with Crippen LogP contribution in [0.25, 0.3) is 0 Å². The van der Waals surface area contributed by atoms with Gasteiger partial charge in [0.25, 0.3) is 0 Å². The monoisotopic (exact) mass is 200 g/mol. The van der Waals surface area contributed by atoms with Gasteiger partial charge in [-0.25, -0.2) is 4.79 Å². The number of nitrogens with two attached hydrogens (primary N) is 1. The summed E-state index contributed by atoms with van der Waals surface area (Å²) in [5, 5.41) is 0. The smallest absolute Gasteiger partial charge is 0.409 e. The number of hydrogen-bond acceptors (Lipinski definition) is 3. The summed E-state index contributed by atoms with van der Waals surface area (Å²) in [5.74, 6) is 0.356. The zero-order valence-electron chi connectivity index (χ0n) is 9.03. The second-order valence-corrected chi connectivity index (χ2v) is 3.94. The number of carbonyl (C=O) groups is 1. The molecular weight excluding hydrogens is 180 g/mol. The van der Waals surface area contributed by atoms with Gasteiger partial charge in [-0.3, -0.25) is 0 Å². The van der Waals surface area contributed by atoms with Crippen molar-refractivity contribution in [1.82, 2.24) is 4.90 Å². The van der Waals surface area contributed by atoms with Crippen molar-refractivity contribution in [3.05, 3.63) is 0 Å². The number of hydrogen-bond donors (Lipinski definition) is 1. The van der Waals surface area contributed by atoms with Gasteiger partial charge in [0.2, 0.25) is 0 Å². The summed E-state index contributed by atoms with van der Waals surface area (Å²) in [7, 11) is 1.43. The maximum Gasteiger partial charge on any atom is 0.409 e. The van der Waals surface area contributed by atoms with Crippen LogP contribution < -0.4 is 5.73 Å². The molecule has 82 valence electrons. The summed E-state index contributed by atoms with van der Waals surface area (Å²) in [4.78, 5) is 13.3.